The highest BCUT2D eigenvalue weighted by molar-refractivity contribution is 5.56. The van der Waals surface area contributed by atoms with Crippen molar-refractivity contribution in [1.82, 2.24) is 4.90 Å². The molecule has 0 fully saturated rings. The number of benzene rings is 6. The van der Waals surface area contributed by atoms with Gasteiger partial charge in [-0.3, -0.25) is 4.90 Å². The molecule has 0 heterocycles. The summed E-state index contributed by atoms with van der Waals surface area (Å²) in [5.41, 5.74) is 8.33. The Balaban J connectivity index is 1.49. The van der Waals surface area contributed by atoms with Gasteiger partial charge in [-0.25, -0.2) is 0 Å². The van der Waals surface area contributed by atoms with Gasteiger partial charge in [0.25, 0.3) is 0 Å². The summed E-state index contributed by atoms with van der Waals surface area (Å²) in [6, 6.07) is 50.3. The monoisotopic (exact) mass is 745 g/mol. The van der Waals surface area contributed by atoms with Gasteiger partial charge >= 0.3 is 0 Å². The van der Waals surface area contributed by atoms with Gasteiger partial charge in [-0.05, 0) is 45.5 Å². The second-order valence-electron chi connectivity index (χ2n) is 17.5. The van der Waals surface area contributed by atoms with Crippen molar-refractivity contribution >= 4 is 0 Å². The van der Waals surface area contributed by atoms with Crippen molar-refractivity contribution < 1.29 is 15.3 Å². The molecule has 0 atom stereocenters. The summed E-state index contributed by atoms with van der Waals surface area (Å²) in [5, 5.41) is 35.1. The Bertz CT molecular complexity index is 2070. The topological polar surface area (TPSA) is 63.9 Å². The first-order valence-electron chi connectivity index (χ1n) is 19.9. The van der Waals surface area contributed by atoms with Gasteiger partial charge in [-0.2, -0.15) is 0 Å². The predicted molar refractivity (Wildman–Crippen MR) is 232 cm³/mol. The molecule has 0 aliphatic carbocycles. The summed E-state index contributed by atoms with van der Waals surface area (Å²) < 4.78 is 0. The second kappa shape index (κ2) is 16.1. The van der Waals surface area contributed by atoms with Gasteiger partial charge in [-0.15, -0.1) is 0 Å². The molecule has 290 valence electrons. The number of hydrogen-bond donors (Lipinski definition) is 3. The number of hydrogen-bond acceptors (Lipinski definition) is 4. The lowest BCUT2D eigenvalue weighted by atomic mass is 9.72. The Hall–Kier alpha value is -5.16. The maximum atomic E-state index is 12.3. The van der Waals surface area contributed by atoms with Gasteiger partial charge in [0.2, 0.25) is 0 Å². The molecule has 0 saturated carbocycles. The Morgan fingerprint density at radius 1 is 0.393 bits per heavy atom. The Kier molecular flexibility index (Phi) is 11.7. The van der Waals surface area contributed by atoms with Crippen LogP contribution in [0, 0.1) is 0 Å². The zero-order valence-corrected chi connectivity index (χ0v) is 34.5. The van der Waals surface area contributed by atoms with Gasteiger partial charge in [-0.1, -0.05) is 189 Å². The molecule has 6 aromatic rings. The van der Waals surface area contributed by atoms with Gasteiger partial charge in [0, 0.05) is 63.5 Å². The lowest BCUT2D eigenvalue weighted by molar-refractivity contribution is 0.181. The van der Waals surface area contributed by atoms with Crippen molar-refractivity contribution in [3.05, 3.63) is 201 Å². The first-order chi connectivity index (χ1) is 26.6. The van der Waals surface area contributed by atoms with Crippen LogP contribution in [0.25, 0.3) is 0 Å². The zero-order chi connectivity index (χ0) is 40.3. The van der Waals surface area contributed by atoms with Crippen molar-refractivity contribution in [2.75, 3.05) is 13.2 Å². The molecule has 6 rings (SSSR count). The highest BCUT2D eigenvalue weighted by Gasteiger charge is 2.34. The number of aliphatic hydroxyl groups excluding tert-OH is 1. The molecule has 4 heteroatoms. The van der Waals surface area contributed by atoms with E-state index in [0.717, 1.165) is 44.5 Å². The SMILES string of the molecule is CC(C)(c1ccccc1)c1cc(CN(CCO)Cc2cc(C(C)(C)c3ccccc3)cc(C(C)(C)c3ccccc3)c2O)c(O)c(C(C)(C)c2ccccc2)c1. The van der Waals surface area contributed by atoms with E-state index in [1.54, 1.807) is 0 Å². The van der Waals surface area contributed by atoms with Crippen molar-refractivity contribution in [3.8, 4) is 11.5 Å². The zero-order valence-electron chi connectivity index (χ0n) is 34.5. The molecule has 56 heavy (non-hydrogen) atoms. The van der Waals surface area contributed by atoms with Crippen molar-refractivity contribution in [2.24, 2.45) is 0 Å². The highest BCUT2D eigenvalue weighted by Crippen LogP contribution is 2.45. The van der Waals surface area contributed by atoms with E-state index in [4.69, 9.17) is 0 Å². The first-order valence-corrected chi connectivity index (χ1v) is 19.9. The van der Waals surface area contributed by atoms with Gasteiger partial charge in [0.1, 0.15) is 11.5 Å². The van der Waals surface area contributed by atoms with E-state index in [1.807, 2.05) is 48.5 Å². The average molecular weight is 746 g/mol. The number of rotatable bonds is 14. The first kappa shape index (κ1) is 40.5. The molecular weight excluding hydrogens is 687 g/mol. The minimum atomic E-state index is -0.502. The minimum Gasteiger partial charge on any atom is -0.507 e. The van der Waals surface area contributed by atoms with Crippen LogP contribution in [0.15, 0.2) is 146 Å². The quantitative estimate of drug-likeness (QED) is 0.104. The fourth-order valence-electron chi connectivity index (χ4n) is 8.21. The molecule has 0 spiro atoms. The highest BCUT2D eigenvalue weighted by atomic mass is 16.3. The van der Waals surface area contributed by atoms with Crippen molar-refractivity contribution in [2.45, 2.75) is 90.1 Å². The van der Waals surface area contributed by atoms with E-state index in [2.05, 4.69) is 157 Å². The predicted octanol–water partition coefficient (Wildman–Crippen LogP) is 11.4. The smallest absolute Gasteiger partial charge is 0.124 e. The Morgan fingerprint density at radius 3 is 0.964 bits per heavy atom. The van der Waals surface area contributed by atoms with Crippen molar-refractivity contribution in [1.29, 1.82) is 0 Å². The Labute approximate surface area is 335 Å². The van der Waals surface area contributed by atoms with Gasteiger partial charge < -0.3 is 15.3 Å². The van der Waals surface area contributed by atoms with Crippen LogP contribution >= 0.6 is 0 Å². The number of aromatic hydroxyl groups is 2. The molecule has 0 aliphatic heterocycles. The van der Waals surface area contributed by atoms with E-state index in [9.17, 15) is 15.3 Å². The van der Waals surface area contributed by atoms with Crippen molar-refractivity contribution in [3.63, 3.8) is 0 Å². The van der Waals surface area contributed by atoms with Gasteiger partial charge in [0.05, 0.1) is 6.61 Å². The third kappa shape index (κ3) is 8.05. The Morgan fingerprint density at radius 2 is 0.679 bits per heavy atom. The summed E-state index contributed by atoms with van der Waals surface area (Å²) in [7, 11) is 0. The van der Waals surface area contributed by atoms with E-state index in [-0.39, 0.29) is 28.9 Å². The fraction of sp³-hybridized carbons (Fsp3) is 0.308. The normalized spacial score (nSPS) is 12.6. The lowest BCUT2D eigenvalue weighted by Crippen LogP contribution is -2.29. The van der Waals surface area contributed by atoms with Gasteiger partial charge in [0.15, 0.2) is 0 Å². The van der Waals surface area contributed by atoms with E-state index in [0.29, 0.717) is 19.6 Å². The average Bonchev–Trinajstić information content (AvgIpc) is 3.20. The maximum Gasteiger partial charge on any atom is 0.124 e. The fourth-order valence-corrected chi connectivity index (χ4v) is 8.21. The molecule has 0 bridgehead atoms. The molecule has 6 aromatic carbocycles. The third-order valence-corrected chi connectivity index (χ3v) is 12.4. The van der Waals surface area contributed by atoms with Crippen LogP contribution in [0.5, 0.6) is 11.5 Å². The molecule has 0 amide bonds. The third-order valence-electron chi connectivity index (χ3n) is 12.4. The van der Waals surface area contributed by atoms with Crippen LogP contribution < -0.4 is 0 Å². The number of nitrogens with zero attached hydrogens (tertiary/aromatic N) is 1. The molecule has 0 radical (unpaired) electrons. The van der Waals surface area contributed by atoms with E-state index in [1.165, 1.54) is 11.1 Å². The molecule has 4 nitrogen and oxygen atoms in total. The van der Waals surface area contributed by atoms with Crippen LogP contribution in [0.1, 0.15) is 111 Å². The van der Waals surface area contributed by atoms with Crippen LogP contribution in [0.4, 0.5) is 0 Å². The minimum absolute atomic E-state index is 0.0728. The summed E-state index contributed by atoms with van der Waals surface area (Å²) in [5.74, 6) is 0.506. The summed E-state index contributed by atoms with van der Waals surface area (Å²) in [6.45, 7) is 18.6. The van der Waals surface area contributed by atoms with E-state index < -0.39 is 10.8 Å². The van der Waals surface area contributed by atoms with Crippen LogP contribution in [-0.2, 0) is 34.7 Å². The lowest BCUT2D eigenvalue weighted by Gasteiger charge is -2.34. The molecule has 0 aromatic heterocycles. The summed E-state index contributed by atoms with van der Waals surface area (Å²) in [4.78, 5) is 2.14. The largest absolute Gasteiger partial charge is 0.507 e. The van der Waals surface area contributed by atoms with Crippen LogP contribution in [0.3, 0.4) is 0 Å². The number of phenolic OH excluding ortho intramolecular Hbond substituents is 2. The molecular formula is C52H59NO3. The molecule has 0 unspecified atom stereocenters. The number of phenols is 2. The van der Waals surface area contributed by atoms with Crippen LogP contribution in [0.2, 0.25) is 0 Å². The van der Waals surface area contributed by atoms with E-state index >= 15 is 0 Å². The second-order valence-corrected chi connectivity index (χ2v) is 17.5. The van der Waals surface area contributed by atoms with Crippen LogP contribution in [-0.4, -0.2) is 33.4 Å². The number of aliphatic hydroxyl groups is 1. The summed E-state index contributed by atoms with van der Waals surface area (Å²) >= 11 is 0. The molecule has 0 aliphatic rings. The standard InChI is InChI=1S/C52H59NO3/c1-49(2,39-21-13-9-14-22-39)43-31-37(47(55)45(33-43)51(5,6)41-25-17-11-18-26-41)35-53(29-30-54)36-38-32-44(50(3,4)40-23-15-10-16-24-40)34-46(48(38)56)52(7,8)42-27-19-12-20-28-42/h9-28,31-34,54-56H,29-30,35-36H2,1-8H3. The maximum absolute atomic E-state index is 12.3. The summed E-state index contributed by atoms with van der Waals surface area (Å²) in [6.07, 6.45) is 0. The molecule has 3 N–H and O–H groups in total. The molecule has 0 saturated heterocycles.